The maximum atomic E-state index is 13.7. The van der Waals surface area contributed by atoms with Crippen molar-refractivity contribution < 1.29 is 18.6 Å². The van der Waals surface area contributed by atoms with Crippen molar-refractivity contribution in [1.29, 1.82) is 0 Å². The molecule has 0 spiro atoms. The molecule has 6 rings (SSSR count). The van der Waals surface area contributed by atoms with Crippen molar-refractivity contribution in [2.24, 2.45) is 0 Å². The molecule has 39 heavy (non-hydrogen) atoms. The van der Waals surface area contributed by atoms with Crippen LogP contribution in [0.5, 0.6) is 5.75 Å². The summed E-state index contributed by atoms with van der Waals surface area (Å²) in [6, 6.07) is 10.9. The summed E-state index contributed by atoms with van der Waals surface area (Å²) in [6.45, 7) is 5.55. The van der Waals surface area contributed by atoms with Gasteiger partial charge < -0.3 is 23.6 Å². The SMILES string of the molecule is CCOc1ccc2[nH]c(=O)c([C@@H](c3nnnn3C[C@H]3CCCO3)N(Cc3ccco3)C[C@@H]3CCCO3)cc2c1. The van der Waals surface area contributed by atoms with E-state index >= 15 is 0 Å². The molecule has 1 N–H and O–H groups in total. The van der Waals surface area contributed by atoms with E-state index in [0.717, 1.165) is 61.3 Å². The zero-order valence-corrected chi connectivity index (χ0v) is 22.1. The molecule has 0 amide bonds. The number of ether oxygens (including phenoxy) is 3. The van der Waals surface area contributed by atoms with E-state index in [0.29, 0.717) is 37.6 Å². The van der Waals surface area contributed by atoms with Gasteiger partial charge in [-0.05, 0) is 79.4 Å². The number of benzene rings is 1. The Morgan fingerprint density at radius 1 is 1.15 bits per heavy atom. The fourth-order valence-corrected chi connectivity index (χ4v) is 5.59. The average molecular weight is 535 g/mol. The molecule has 5 heterocycles. The standard InChI is InChI=1S/C28H34N6O5/c1-2-36-20-9-10-25-19(14-20)15-24(28(35)29-25)26(27-30-31-32-34(27)18-23-8-5-13-39-23)33(16-21-6-3-11-37-21)17-22-7-4-12-38-22/h3,6,9-11,14-15,22-23,26H,2,4-5,7-8,12-13,16-18H2,1H3,(H,29,35)/t22-,23+,26-/m0/s1. The molecule has 3 aromatic heterocycles. The molecule has 2 saturated heterocycles. The van der Waals surface area contributed by atoms with Crippen molar-refractivity contribution in [2.45, 2.75) is 63.9 Å². The van der Waals surface area contributed by atoms with Gasteiger partial charge >= 0.3 is 0 Å². The Morgan fingerprint density at radius 3 is 2.74 bits per heavy atom. The van der Waals surface area contributed by atoms with Gasteiger partial charge in [0.15, 0.2) is 5.82 Å². The van der Waals surface area contributed by atoms with Crippen molar-refractivity contribution in [2.75, 3.05) is 26.4 Å². The van der Waals surface area contributed by atoms with Crippen molar-refractivity contribution >= 4 is 10.9 Å². The van der Waals surface area contributed by atoms with Crippen LogP contribution in [-0.2, 0) is 22.6 Å². The smallest absolute Gasteiger partial charge is 0.253 e. The molecule has 3 atom stereocenters. The lowest BCUT2D eigenvalue weighted by Gasteiger charge is -2.32. The van der Waals surface area contributed by atoms with E-state index in [1.807, 2.05) is 43.3 Å². The third-order valence-electron chi connectivity index (χ3n) is 7.42. The first-order chi connectivity index (χ1) is 19.2. The number of nitrogens with zero attached hydrogens (tertiary/aromatic N) is 5. The predicted octanol–water partition coefficient (Wildman–Crippen LogP) is 3.46. The Morgan fingerprint density at radius 2 is 2.00 bits per heavy atom. The summed E-state index contributed by atoms with van der Waals surface area (Å²) >= 11 is 0. The van der Waals surface area contributed by atoms with Crippen LogP contribution in [0.25, 0.3) is 10.9 Å². The van der Waals surface area contributed by atoms with Gasteiger partial charge in [0.2, 0.25) is 0 Å². The molecule has 11 nitrogen and oxygen atoms in total. The number of aromatic amines is 1. The largest absolute Gasteiger partial charge is 0.494 e. The van der Waals surface area contributed by atoms with Crippen LogP contribution in [0.2, 0.25) is 0 Å². The number of fused-ring (bicyclic) bond motifs is 1. The topological polar surface area (TPSA) is 121 Å². The number of aromatic nitrogens is 5. The lowest BCUT2D eigenvalue weighted by atomic mass is 10.0. The zero-order valence-electron chi connectivity index (χ0n) is 22.1. The second-order valence-electron chi connectivity index (χ2n) is 10.1. The van der Waals surface area contributed by atoms with Gasteiger partial charge in [0.05, 0.1) is 38.2 Å². The summed E-state index contributed by atoms with van der Waals surface area (Å²) in [5, 5.41) is 13.7. The molecule has 4 aromatic rings. The first-order valence-corrected chi connectivity index (χ1v) is 13.7. The van der Waals surface area contributed by atoms with Gasteiger partial charge in [0, 0.05) is 36.2 Å². The van der Waals surface area contributed by atoms with Gasteiger partial charge in [-0.15, -0.1) is 5.10 Å². The zero-order chi connectivity index (χ0) is 26.6. The second-order valence-corrected chi connectivity index (χ2v) is 10.1. The van der Waals surface area contributed by atoms with Crippen molar-refractivity contribution in [1.82, 2.24) is 30.1 Å². The van der Waals surface area contributed by atoms with Crippen LogP contribution >= 0.6 is 0 Å². The van der Waals surface area contributed by atoms with Crippen LogP contribution in [-0.4, -0.2) is 68.7 Å². The Labute approximate surface area is 226 Å². The summed E-state index contributed by atoms with van der Waals surface area (Å²) in [5.41, 5.74) is 1.09. The van der Waals surface area contributed by atoms with E-state index in [1.165, 1.54) is 0 Å². The summed E-state index contributed by atoms with van der Waals surface area (Å²) in [4.78, 5) is 19.0. The average Bonchev–Trinajstić information content (AvgIpc) is 3.75. The number of tetrazole rings is 1. The Kier molecular flexibility index (Phi) is 7.71. The molecule has 2 aliphatic heterocycles. The Balaban J connectivity index is 1.47. The first kappa shape index (κ1) is 25.7. The maximum absolute atomic E-state index is 13.7. The minimum atomic E-state index is -0.556. The van der Waals surface area contributed by atoms with Crippen LogP contribution < -0.4 is 10.3 Å². The highest BCUT2D eigenvalue weighted by molar-refractivity contribution is 5.80. The number of furan rings is 1. The quantitative estimate of drug-likeness (QED) is 0.308. The van der Waals surface area contributed by atoms with Crippen LogP contribution in [0.1, 0.15) is 55.8 Å². The summed E-state index contributed by atoms with van der Waals surface area (Å²) in [6.07, 6.45) is 5.66. The molecule has 0 bridgehead atoms. The molecule has 11 heteroatoms. The third kappa shape index (κ3) is 5.75. The molecule has 0 aliphatic carbocycles. The molecule has 1 aromatic carbocycles. The summed E-state index contributed by atoms with van der Waals surface area (Å²) < 4.78 is 25.2. The van der Waals surface area contributed by atoms with E-state index in [4.69, 9.17) is 18.6 Å². The van der Waals surface area contributed by atoms with Gasteiger partial charge in [0.1, 0.15) is 17.6 Å². The van der Waals surface area contributed by atoms with E-state index in [-0.39, 0.29) is 17.8 Å². The fourth-order valence-electron chi connectivity index (χ4n) is 5.59. The number of nitrogens with one attached hydrogen (secondary N) is 1. The number of H-pyrrole nitrogens is 1. The number of pyridine rings is 1. The monoisotopic (exact) mass is 534 g/mol. The number of hydrogen-bond donors (Lipinski definition) is 1. The summed E-state index contributed by atoms with van der Waals surface area (Å²) in [5.74, 6) is 2.11. The lowest BCUT2D eigenvalue weighted by molar-refractivity contribution is 0.0528. The van der Waals surface area contributed by atoms with Crippen molar-refractivity contribution in [3.05, 3.63) is 70.2 Å². The van der Waals surface area contributed by atoms with Crippen LogP contribution in [0.4, 0.5) is 0 Å². The highest BCUT2D eigenvalue weighted by atomic mass is 16.5. The fraction of sp³-hybridized carbons (Fsp3) is 0.500. The minimum absolute atomic E-state index is 0.0354. The minimum Gasteiger partial charge on any atom is -0.494 e. The van der Waals surface area contributed by atoms with E-state index < -0.39 is 6.04 Å². The van der Waals surface area contributed by atoms with Gasteiger partial charge in [-0.1, -0.05) is 0 Å². The molecule has 0 saturated carbocycles. The summed E-state index contributed by atoms with van der Waals surface area (Å²) in [7, 11) is 0. The van der Waals surface area contributed by atoms with Crippen LogP contribution in [0, 0.1) is 0 Å². The number of rotatable bonds is 11. The van der Waals surface area contributed by atoms with E-state index in [9.17, 15) is 4.79 Å². The van der Waals surface area contributed by atoms with Crippen molar-refractivity contribution in [3.63, 3.8) is 0 Å². The molecule has 206 valence electrons. The normalized spacial score (nSPS) is 20.3. The van der Waals surface area contributed by atoms with E-state index in [1.54, 1.807) is 10.9 Å². The predicted molar refractivity (Wildman–Crippen MR) is 142 cm³/mol. The van der Waals surface area contributed by atoms with Gasteiger partial charge in [-0.25, -0.2) is 4.68 Å². The highest BCUT2D eigenvalue weighted by Gasteiger charge is 2.34. The maximum Gasteiger partial charge on any atom is 0.253 e. The second kappa shape index (κ2) is 11.7. The van der Waals surface area contributed by atoms with Gasteiger partial charge in [-0.2, -0.15) is 0 Å². The molecule has 2 aliphatic rings. The molecular formula is C28H34N6O5. The van der Waals surface area contributed by atoms with E-state index in [2.05, 4.69) is 25.4 Å². The van der Waals surface area contributed by atoms with Crippen LogP contribution in [0.15, 0.2) is 51.9 Å². The first-order valence-electron chi connectivity index (χ1n) is 13.7. The Hall–Kier alpha value is -3.54. The van der Waals surface area contributed by atoms with Crippen molar-refractivity contribution in [3.8, 4) is 5.75 Å². The lowest BCUT2D eigenvalue weighted by Crippen LogP contribution is -2.39. The third-order valence-corrected chi connectivity index (χ3v) is 7.42. The Bertz CT molecular complexity index is 1420. The highest BCUT2D eigenvalue weighted by Crippen LogP contribution is 2.31. The number of hydrogen-bond acceptors (Lipinski definition) is 9. The molecular weight excluding hydrogens is 500 g/mol. The van der Waals surface area contributed by atoms with Crippen LogP contribution in [0.3, 0.4) is 0 Å². The molecule has 0 unspecified atom stereocenters. The van der Waals surface area contributed by atoms with Gasteiger partial charge in [0.25, 0.3) is 5.56 Å². The molecule has 2 fully saturated rings. The van der Waals surface area contributed by atoms with Gasteiger partial charge in [-0.3, -0.25) is 9.69 Å². The molecule has 0 radical (unpaired) electrons.